The van der Waals surface area contributed by atoms with Crippen molar-refractivity contribution < 1.29 is 23.5 Å². The zero-order valence-corrected chi connectivity index (χ0v) is 19.7. The number of piperidine rings is 1. The fourth-order valence-corrected chi connectivity index (χ4v) is 4.30. The lowest BCUT2D eigenvalue weighted by atomic mass is 9.84. The predicted molar refractivity (Wildman–Crippen MR) is 132 cm³/mol. The van der Waals surface area contributed by atoms with E-state index in [4.69, 9.17) is 9.47 Å². The van der Waals surface area contributed by atoms with Gasteiger partial charge in [0.1, 0.15) is 17.3 Å². The first-order chi connectivity index (χ1) is 17.0. The molecule has 2 atom stereocenters. The van der Waals surface area contributed by atoms with Crippen molar-refractivity contribution >= 4 is 23.3 Å². The molecule has 1 fully saturated rings. The van der Waals surface area contributed by atoms with E-state index in [1.54, 1.807) is 35.2 Å². The van der Waals surface area contributed by atoms with Gasteiger partial charge in [0, 0.05) is 42.9 Å². The Labute approximate surface area is 203 Å². The second-order valence-electron chi connectivity index (χ2n) is 8.45. The van der Waals surface area contributed by atoms with E-state index in [9.17, 15) is 14.0 Å². The van der Waals surface area contributed by atoms with Gasteiger partial charge in [-0.05, 0) is 24.1 Å². The van der Waals surface area contributed by atoms with Gasteiger partial charge < -0.3 is 25.0 Å². The number of ether oxygens (including phenoxy) is 2. The zero-order chi connectivity index (χ0) is 24.8. The van der Waals surface area contributed by atoms with E-state index >= 15 is 0 Å². The van der Waals surface area contributed by atoms with Crippen molar-refractivity contribution in [1.29, 1.82) is 0 Å². The average molecular weight is 478 g/mol. The van der Waals surface area contributed by atoms with Gasteiger partial charge in [-0.2, -0.15) is 0 Å². The van der Waals surface area contributed by atoms with Crippen LogP contribution in [0.3, 0.4) is 0 Å². The molecule has 0 aromatic heterocycles. The van der Waals surface area contributed by atoms with Gasteiger partial charge >= 0.3 is 6.03 Å². The van der Waals surface area contributed by atoms with Crippen LogP contribution < -0.4 is 20.1 Å². The van der Waals surface area contributed by atoms with Gasteiger partial charge in [0.05, 0.1) is 25.8 Å². The topological polar surface area (TPSA) is 79.9 Å². The second kappa shape index (κ2) is 10.9. The molecule has 0 aliphatic carbocycles. The summed E-state index contributed by atoms with van der Waals surface area (Å²) in [6.07, 6.45) is 0.570. The van der Waals surface area contributed by atoms with Crippen LogP contribution in [0.2, 0.25) is 0 Å². The highest BCUT2D eigenvalue weighted by atomic mass is 19.1. The number of anilines is 2. The smallest absolute Gasteiger partial charge is 0.321 e. The number of carbonyl (C=O) groups excluding carboxylic acids is 2. The van der Waals surface area contributed by atoms with Crippen LogP contribution in [0.4, 0.5) is 20.6 Å². The quantitative estimate of drug-likeness (QED) is 0.517. The molecule has 2 unspecified atom stereocenters. The number of likely N-dealkylation sites (tertiary alicyclic amines) is 1. The SMILES string of the molecule is COc1cc(NC(=O)C2CC(c3ccccc3)CN(C(=O)Nc3ccccc3F)C2)cc(OC)c1. The summed E-state index contributed by atoms with van der Waals surface area (Å²) in [7, 11) is 3.08. The molecule has 0 radical (unpaired) electrons. The van der Waals surface area contributed by atoms with Gasteiger partial charge in [-0.3, -0.25) is 4.79 Å². The molecule has 8 heteroatoms. The Kier molecular flexibility index (Phi) is 7.50. The van der Waals surface area contributed by atoms with Gasteiger partial charge in [0.15, 0.2) is 0 Å². The fourth-order valence-electron chi connectivity index (χ4n) is 4.30. The third kappa shape index (κ3) is 5.90. The Morgan fingerprint density at radius 2 is 1.54 bits per heavy atom. The number of benzene rings is 3. The van der Waals surface area contributed by atoms with E-state index in [0.717, 1.165) is 5.56 Å². The lowest BCUT2D eigenvalue weighted by Gasteiger charge is -2.37. The van der Waals surface area contributed by atoms with E-state index in [0.29, 0.717) is 30.2 Å². The molecule has 35 heavy (non-hydrogen) atoms. The van der Waals surface area contributed by atoms with Gasteiger partial charge in [-0.25, -0.2) is 9.18 Å². The summed E-state index contributed by atoms with van der Waals surface area (Å²) < 4.78 is 24.7. The summed E-state index contributed by atoms with van der Waals surface area (Å²) in [4.78, 5) is 28.0. The van der Waals surface area contributed by atoms with Crippen molar-refractivity contribution in [3.05, 3.63) is 84.2 Å². The molecule has 182 valence electrons. The van der Waals surface area contributed by atoms with Crippen LogP contribution in [-0.2, 0) is 4.79 Å². The summed E-state index contributed by atoms with van der Waals surface area (Å²) >= 11 is 0. The van der Waals surface area contributed by atoms with Gasteiger partial charge in [-0.1, -0.05) is 42.5 Å². The number of para-hydroxylation sites is 1. The van der Waals surface area contributed by atoms with Crippen LogP contribution in [0.15, 0.2) is 72.8 Å². The van der Waals surface area contributed by atoms with E-state index in [1.807, 2.05) is 30.3 Å². The number of nitrogens with one attached hydrogen (secondary N) is 2. The number of nitrogens with zero attached hydrogens (tertiary/aromatic N) is 1. The van der Waals surface area contributed by atoms with Crippen LogP contribution in [0.5, 0.6) is 11.5 Å². The molecule has 3 aromatic carbocycles. The Bertz CT molecular complexity index is 1170. The molecule has 1 saturated heterocycles. The maximum absolute atomic E-state index is 14.1. The van der Waals surface area contributed by atoms with Crippen molar-refractivity contribution in [3.8, 4) is 11.5 Å². The van der Waals surface area contributed by atoms with Crippen molar-refractivity contribution in [1.82, 2.24) is 4.90 Å². The van der Waals surface area contributed by atoms with E-state index in [1.165, 1.54) is 26.4 Å². The molecule has 1 aliphatic heterocycles. The first-order valence-electron chi connectivity index (χ1n) is 11.4. The number of carbonyl (C=O) groups is 2. The summed E-state index contributed by atoms with van der Waals surface area (Å²) in [5, 5.41) is 5.57. The van der Waals surface area contributed by atoms with Gasteiger partial charge in [-0.15, -0.1) is 0 Å². The van der Waals surface area contributed by atoms with Crippen LogP contribution in [0.25, 0.3) is 0 Å². The summed E-state index contributed by atoms with van der Waals surface area (Å²) in [5.41, 5.74) is 1.68. The number of hydrogen-bond donors (Lipinski definition) is 2. The first-order valence-corrected chi connectivity index (χ1v) is 11.4. The van der Waals surface area contributed by atoms with Crippen molar-refractivity contribution in [2.24, 2.45) is 5.92 Å². The van der Waals surface area contributed by atoms with Crippen molar-refractivity contribution in [3.63, 3.8) is 0 Å². The number of halogens is 1. The highest BCUT2D eigenvalue weighted by Crippen LogP contribution is 2.32. The largest absolute Gasteiger partial charge is 0.497 e. The summed E-state index contributed by atoms with van der Waals surface area (Å²) in [6.45, 7) is 0.623. The molecule has 0 spiro atoms. The maximum Gasteiger partial charge on any atom is 0.321 e. The molecule has 0 bridgehead atoms. The highest BCUT2D eigenvalue weighted by molar-refractivity contribution is 5.94. The van der Waals surface area contributed by atoms with Crippen LogP contribution >= 0.6 is 0 Å². The number of hydrogen-bond acceptors (Lipinski definition) is 4. The Morgan fingerprint density at radius 1 is 0.886 bits per heavy atom. The molecular weight excluding hydrogens is 449 g/mol. The number of methoxy groups -OCH3 is 2. The molecule has 3 amide bonds. The van der Waals surface area contributed by atoms with E-state index < -0.39 is 17.8 Å². The molecular formula is C27H28FN3O4. The second-order valence-corrected chi connectivity index (χ2v) is 8.45. The Morgan fingerprint density at radius 3 is 2.20 bits per heavy atom. The molecule has 3 aromatic rings. The summed E-state index contributed by atoms with van der Waals surface area (Å²) in [5.74, 6) is -0.152. The van der Waals surface area contributed by atoms with Crippen molar-refractivity contribution in [2.75, 3.05) is 37.9 Å². The first kappa shape index (κ1) is 24.1. The number of rotatable bonds is 6. The third-order valence-corrected chi connectivity index (χ3v) is 6.11. The van der Waals surface area contributed by atoms with E-state index in [-0.39, 0.29) is 24.1 Å². The molecule has 4 rings (SSSR count). The van der Waals surface area contributed by atoms with Gasteiger partial charge in [0.2, 0.25) is 5.91 Å². The fraction of sp³-hybridized carbons (Fsp3) is 0.259. The average Bonchev–Trinajstić information content (AvgIpc) is 2.89. The predicted octanol–water partition coefficient (Wildman–Crippen LogP) is 5.12. The number of urea groups is 1. The van der Waals surface area contributed by atoms with E-state index in [2.05, 4.69) is 10.6 Å². The van der Waals surface area contributed by atoms with Crippen LogP contribution in [-0.4, -0.2) is 44.1 Å². The molecule has 1 aliphatic rings. The van der Waals surface area contributed by atoms with Crippen LogP contribution in [0, 0.1) is 11.7 Å². The molecule has 2 N–H and O–H groups in total. The minimum atomic E-state index is -0.515. The lowest BCUT2D eigenvalue weighted by molar-refractivity contribution is -0.121. The normalized spacial score (nSPS) is 17.4. The standard InChI is InChI=1S/C27H28FN3O4/c1-34-22-13-21(14-23(15-22)35-2)29-26(32)20-12-19(18-8-4-3-5-9-18)16-31(17-20)27(33)30-25-11-7-6-10-24(25)28/h3-11,13-15,19-20H,12,16-17H2,1-2H3,(H,29,32)(H,30,33). The van der Waals surface area contributed by atoms with Crippen molar-refractivity contribution in [2.45, 2.75) is 12.3 Å². The monoisotopic (exact) mass is 477 g/mol. The Balaban J connectivity index is 1.55. The molecule has 0 saturated carbocycles. The van der Waals surface area contributed by atoms with Crippen LogP contribution in [0.1, 0.15) is 17.9 Å². The lowest BCUT2D eigenvalue weighted by Crippen LogP contribution is -2.48. The minimum Gasteiger partial charge on any atom is -0.497 e. The molecule has 7 nitrogen and oxygen atoms in total. The third-order valence-electron chi connectivity index (χ3n) is 6.11. The number of amides is 3. The highest BCUT2D eigenvalue weighted by Gasteiger charge is 2.35. The molecule has 1 heterocycles. The zero-order valence-electron chi connectivity index (χ0n) is 19.7. The maximum atomic E-state index is 14.1. The summed E-state index contributed by atoms with van der Waals surface area (Å²) in [6, 6.07) is 20.5. The van der Waals surface area contributed by atoms with Gasteiger partial charge in [0.25, 0.3) is 0 Å². The Hall–Kier alpha value is -4.07. The minimum absolute atomic E-state index is 0.0492.